The molecule has 6 rings (SSSR count). The van der Waals surface area contributed by atoms with E-state index in [-0.39, 0.29) is 23.4 Å². The Morgan fingerprint density at radius 3 is 1.34 bits per heavy atom. The second kappa shape index (κ2) is 14.0. The summed E-state index contributed by atoms with van der Waals surface area (Å²) in [6.45, 7) is 17.5. The van der Waals surface area contributed by atoms with Gasteiger partial charge in [-0.1, -0.05) is 0 Å². The minimum Gasteiger partial charge on any atom is -0.475 e. The highest BCUT2D eigenvalue weighted by atomic mass is 19.4. The second-order valence-corrected chi connectivity index (χ2v) is 14.5. The second-order valence-electron chi connectivity index (χ2n) is 14.5. The Balaban J connectivity index is 0.000000168. The van der Waals surface area contributed by atoms with Crippen LogP contribution in [-0.4, -0.2) is 150 Å². The number of rotatable bonds is 0. The van der Waals surface area contributed by atoms with Crippen LogP contribution in [0.25, 0.3) is 0 Å². The summed E-state index contributed by atoms with van der Waals surface area (Å²) in [4.78, 5) is 41.0. The van der Waals surface area contributed by atoms with E-state index in [1.54, 1.807) is 0 Å². The number of fused-ring (bicyclic) bond motifs is 6. The molecule has 6 aliphatic rings. The lowest BCUT2D eigenvalue weighted by Gasteiger charge is -2.33. The minimum atomic E-state index is -5.08. The van der Waals surface area contributed by atoms with Crippen molar-refractivity contribution in [2.45, 2.75) is 114 Å². The summed E-state index contributed by atoms with van der Waals surface area (Å²) in [5.74, 6) is -2.76. The van der Waals surface area contributed by atoms with Crippen LogP contribution in [0.5, 0.6) is 0 Å². The number of hydrogen-bond donors (Lipinski definition) is 3. The lowest BCUT2D eigenvalue weighted by molar-refractivity contribution is -0.192. The Hall–Kier alpha value is -2.36. The Labute approximate surface area is 258 Å². The zero-order chi connectivity index (χ0) is 33.2. The molecular formula is C29H51F3N6O6. The van der Waals surface area contributed by atoms with Gasteiger partial charge in [0.25, 0.3) is 0 Å². The Bertz CT molecular complexity index is 1020. The van der Waals surface area contributed by atoms with Gasteiger partial charge >= 0.3 is 24.3 Å². The third kappa shape index (κ3) is 10.3. The minimum absolute atomic E-state index is 0.150. The molecule has 254 valence electrons. The van der Waals surface area contributed by atoms with E-state index >= 15 is 0 Å². The molecule has 12 nitrogen and oxygen atoms in total. The van der Waals surface area contributed by atoms with E-state index in [9.17, 15) is 22.8 Å². The van der Waals surface area contributed by atoms with Crippen molar-refractivity contribution in [1.82, 2.24) is 30.2 Å². The van der Waals surface area contributed by atoms with Gasteiger partial charge in [0, 0.05) is 75.5 Å². The van der Waals surface area contributed by atoms with Crippen molar-refractivity contribution in [3.05, 3.63) is 0 Å². The number of carboxylic acid groups (broad SMARTS) is 1. The molecule has 6 bridgehead atoms. The van der Waals surface area contributed by atoms with Gasteiger partial charge in [-0.3, -0.25) is 4.90 Å². The number of amides is 2. The average molecular weight is 637 g/mol. The maximum atomic E-state index is 11.8. The van der Waals surface area contributed by atoms with Gasteiger partial charge in [0.05, 0.1) is 0 Å². The molecule has 0 aromatic heterocycles. The maximum Gasteiger partial charge on any atom is 0.490 e. The maximum absolute atomic E-state index is 11.8. The summed E-state index contributed by atoms with van der Waals surface area (Å²) in [5.41, 5.74) is -0.767. The Morgan fingerprint density at radius 2 is 1.09 bits per heavy atom. The van der Waals surface area contributed by atoms with Crippen LogP contribution < -0.4 is 10.6 Å². The Kier molecular flexibility index (Phi) is 11.5. The number of nitrogens with zero attached hydrogens (tertiary/aromatic N) is 4. The molecule has 6 fully saturated rings. The summed E-state index contributed by atoms with van der Waals surface area (Å²) in [7, 11) is 4.34. The number of nitrogens with one attached hydrogen (secondary N) is 2. The van der Waals surface area contributed by atoms with E-state index in [0.29, 0.717) is 24.2 Å². The summed E-state index contributed by atoms with van der Waals surface area (Å²) in [6, 6.07) is 3.45. The van der Waals surface area contributed by atoms with Gasteiger partial charge in [0.1, 0.15) is 11.2 Å². The molecule has 0 aromatic carbocycles. The van der Waals surface area contributed by atoms with Gasteiger partial charge in [-0.05, 0) is 74.9 Å². The number of likely N-dealkylation sites (N-methyl/N-ethyl adjacent to an activating group) is 2. The number of aliphatic carboxylic acids is 1. The molecule has 0 saturated carbocycles. The normalized spacial score (nSPS) is 30.6. The van der Waals surface area contributed by atoms with Crippen molar-refractivity contribution in [3.8, 4) is 0 Å². The molecule has 6 heterocycles. The molecule has 3 N–H and O–H groups in total. The first-order valence-electron chi connectivity index (χ1n) is 15.3. The molecule has 2 amide bonds. The van der Waals surface area contributed by atoms with Gasteiger partial charge in [-0.15, -0.1) is 0 Å². The highest BCUT2D eigenvalue weighted by molar-refractivity contribution is 5.73. The highest BCUT2D eigenvalue weighted by Crippen LogP contribution is 2.30. The van der Waals surface area contributed by atoms with Crippen molar-refractivity contribution in [1.29, 1.82) is 0 Å². The molecule has 6 saturated heterocycles. The van der Waals surface area contributed by atoms with E-state index in [4.69, 9.17) is 19.4 Å². The van der Waals surface area contributed by atoms with E-state index in [2.05, 4.69) is 34.5 Å². The molecule has 0 spiro atoms. The number of alkyl halides is 3. The molecule has 6 atom stereocenters. The van der Waals surface area contributed by atoms with Crippen LogP contribution in [-0.2, 0) is 14.3 Å². The zero-order valence-electron chi connectivity index (χ0n) is 27.2. The van der Waals surface area contributed by atoms with Crippen molar-refractivity contribution in [2.75, 3.05) is 53.4 Å². The smallest absolute Gasteiger partial charge is 0.475 e. The Morgan fingerprint density at radius 1 is 0.659 bits per heavy atom. The van der Waals surface area contributed by atoms with E-state index in [0.717, 1.165) is 51.1 Å². The fourth-order valence-electron chi connectivity index (χ4n) is 6.28. The van der Waals surface area contributed by atoms with Gasteiger partial charge < -0.3 is 39.9 Å². The molecule has 0 radical (unpaired) electrons. The van der Waals surface area contributed by atoms with E-state index < -0.39 is 12.1 Å². The molecule has 44 heavy (non-hydrogen) atoms. The average Bonchev–Trinajstić information content (AvgIpc) is 3.71. The van der Waals surface area contributed by atoms with Crippen LogP contribution in [0.3, 0.4) is 0 Å². The number of halogens is 3. The predicted molar refractivity (Wildman–Crippen MR) is 157 cm³/mol. The first-order valence-corrected chi connectivity index (χ1v) is 15.3. The first kappa shape index (κ1) is 36.1. The predicted octanol–water partition coefficient (Wildman–Crippen LogP) is 2.57. The summed E-state index contributed by atoms with van der Waals surface area (Å²) in [6.07, 6.45) is -1.82. The molecule has 0 unspecified atom stereocenters. The lowest BCUT2D eigenvalue weighted by Crippen LogP contribution is -2.48. The molecule has 15 heteroatoms. The fourth-order valence-corrected chi connectivity index (χ4v) is 6.28. The first-order chi connectivity index (χ1) is 20.1. The molecule has 0 aliphatic carbocycles. The lowest BCUT2D eigenvalue weighted by atomic mass is 10.2. The monoisotopic (exact) mass is 636 g/mol. The van der Waals surface area contributed by atoms with Crippen LogP contribution in [0.2, 0.25) is 0 Å². The number of likely N-dealkylation sites (tertiary alicyclic amines) is 4. The number of carbonyl (C=O) groups excluding carboxylic acids is 2. The van der Waals surface area contributed by atoms with Gasteiger partial charge in [0.15, 0.2) is 0 Å². The summed E-state index contributed by atoms with van der Waals surface area (Å²) in [5, 5.41) is 13.9. The van der Waals surface area contributed by atoms with Crippen LogP contribution in [0.15, 0.2) is 0 Å². The van der Waals surface area contributed by atoms with Gasteiger partial charge in [-0.2, -0.15) is 13.2 Å². The summed E-state index contributed by atoms with van der Waals surface area (Å²) < 4.78 is 42.4. The number of carbonyl (C=O) groups is 3. The number of ether oxygens (including phenoxy) is 2. The molecule has 0 aromatic rings. The molecule has 6 aliphatic heterocycles. The van der Waals surface area contributed by atoms with Crippen LogP contribution >= 0.6 is 0 Å². The van der Waals surface area contributed by atoms with E-state index in [1.807, 2.05) is 51.3 Å². The van der Waals surface area contributed by atoms with Crippen LogP contribution in [0.1, 0.15) is 60.8 Å². The van der Waals surface area contributed by atoms with Crippen LogP contribution in [0, 0.1) is 0 Å². The SMILES string of the molecule is CC(C)(C)OC(=O)N1C[C@@H]2C[C@H]1CN2.CN1C[C@@H]2C[C@H]1CN2.CN1C[C@@H]2C[C@H]1CN2C(=O)OC(C)(C)C.O=C(O)C(F)(F)F. The number of piperazine rings is 3. The number of carboxylic acids is 1. The number of hydrogen-bond acceptors (Lipinski definition) is 9. The van der Waals surface area contributed by atoms with E-state index in [1.165, 1.54) is 19.5 Å². The summed E-state index contributed by atoms with van der Waals surface area (Å²) >= 11 is 0. The largest absolute Gasteiger partial charge is 0.490 e. The van der Waals surface area contributed by atoms with Gasteiger partial charge in [-0.25, -0.2) is 14.4 Å². The highest BCUT2D eigenvalue weighted by Gasteiger charge is 2.45. The van der Waals surface area contributed by atoms with Crippen molar-refractivity contribution in [2.24, 2.45) is 0 Å². The van der Waals surface area contributed by atoms with Crippen molar-refractivity contribution in [3.63, 3.8) is 0 Å². The fraction of sp³-hybridized carbons (Fsp3) is 0.897. The topological polar surface area (TPSA) is 127 Å². The molecular weight excluding hydrogens is 585 g/mol. The third-order valence-corrected chi connectivity index (χ3v) is 8.40. The standard InChI is InChI=1S/C11H20N2O2.C10H18N2O2.C6H12N2.C2HF3O2/c1-11(2,3)15-10(14)13-7-8-5-9(13)6-12(8)4;1-10(2,3)14-9(13)12-6-7-4-8(12)5-11-7;1-8-4-5-2-6(8)3-7-5;3-2(4,5)1(6)7/h8-9H,5-7H2,1-4H3;7-8,11H,4-6H2,1-3H3;5-7H,2-4H2,1H3;(H,6,7)/t8-,9-;7-,8-;5-,6-;/m000./s1. The van der Waals surface area contributed by atoms with Crippen molar-refractivity contribution < 1.29 is 42.1 Å². The quantitative estimate of drug-likeness (QED) is 0.365. The van der Waals surface area contributed by atoms with Gasteiger partial charge in [0.2, 0.25) is 0 Å². The zero-order valence-corrected chi connectivity index (χ0v) is 27.2. The van der Waals surface area contributed by atoms with Crippen LogP contribution in [0.4, 0.5) is 22.8 Å². The van der Waals surface area contributed by atoms with Crippen molar-refractivity contribution >= 4 is 18.2 Å². The third-order valence-electron chi connectivity index (χ3n) is 8.40.